The van der Waals surface area contributed by atoms with Crippen molar-refractivity contribution in [1.82, 2.24) is 0 Å². The van der Waals surface area contributed by atoms with Crippen molar-refractivity contribution in [2.24, 2.45) is 52.1 Å². The largest absolute Gasteiger partial charge is 0.393 e. The quantitative estimate of drug-likeness (QED) is 0.357. The van der Waals surface area contributed by atoms with Gasteiger partial charge in [0.15, 0.2) is 0 Å². The molecule has 0 heterocycles. The van der Waals surface area contributed by atoms with Gasteiger partial charge in [-0.25, -0.2) is 0 Å². The average molecular weight is 518 g/mol. The SMILES string of the molecule is CC[C@@H]1C2C[C@H](O)CCC2(C)C2CC[C@@]3(C)C(CCC3(N)[C@H](C)CCI)C2[C@@H]1O. The molecular formula is C25H44INO2. The minimum absolute atomic E-state index is 0.0875. The zero-order chi connectivity index (χ0) is 21.2. The summed E-state index contributed by atoms with van der Waals surface area (Å²) in [6.45, 7) is 9.63. The second kappa shape index (κ2) is 7.88. The van der Waals surface area contributed by atoms with E-state index in [2.05, 4.69) is 50.3 Å². The number of nitrogens with two attached hydrogens (primary N) is 1. The summed E-state index contributed by atoms with van der Waals surface area (Å²) in [5, 5.41) is 22.2. The fourth-order valence-electron chi connectivity index (χ4n) is 9.30. The van der Waals surface area contributed by atoms with Gasteiger partial charge in [0.1, 0.15) is 0 Å². The summed E-state index contributed by atoms with van der Waals surface area (Å²) in [7, 11) is 0. The number of hydrogen-bond donors (Lipinski definition) is 3. The molecule has 0 saturated heterocycles. The number of fused-ring (bicyclic) bond motifs is 5. The van der Waals surface area contributed by atoms with Crippen LogP contribution in [0.2, 0.25) is 0 Å². The number of alkyl halides is 1. The van der Waals surface area contributed by atoms with Crippen LogP contribution >= 0.6 is 22.6 Å². The van der Waals surface area contributed by atoms with E-state index in [9.17, 15) is 10.2 Å². The predicted molar refractivity (Wildman–Crippen MR) is 128 cm³/mol. The van der Waals surface area contributed by atoms with Gasteiger partial charge in [-0.2, -0.15) is 0 Å². The lowest BCUT2D eigenvalue weighted by Gasteiger charge is -2.65. The van der Waals surface area contributed by atoms with Crippen LogP contribution in [0.4, 0.5) is 0 Å². The van der Waals surface area contributed by atoms with Gasteiger partial charge in [-0.15, -0.1) is 0 Å². The normalized spacial score (nSPS) is 55.7. The average Bonchev–Trinajstić information content (AvgIpc) is 2.96. The molecule has 168 valence electrons. The summed E-state index contributed by atoms with van der Waals surface area (Å²) in [5.74, 6) is 2.89. The molecule has 4 saturated carbocycles. The van der Waals surface area contributed by atoms with E-state index in [0.717, 1.165) is 32.1 Å². The van der Waals surface area contributed by atoms with Gasteiger partial charge in [0.2, 0.25) is 0 Å². The van der Waals surface area contributed by atoms with Crippen molar-refractivity contribution in [3.8, 4) is 0 Å². The van der Waals surface area contributed by atoms with Crippen molar-refractivity contribution >= 4 is 22.6 Å². The number of rotatable bonds is 4. The molecule has 11 atom stereocenters. The molecule has 0 amide bonds. The van der Waals surface area contributed by atoms with E-state index in [1.165, 1.54) is 30.1 Å². The minimum atomic E-state index is -0.222. The molecule has 4 fully saturated rings. The van der Waals surface area contributed by atoms with Crippen molar-refractivity contribution in [2.75, 3.05) is 4.43 Å². The maximum Gasteiger partial charge on any atom is 0.0605 e. The number of aliphatic hydroxyl groups excluding tert-OH is 2. The highest BCUT2D eigenvalue weighted by atomic mass is 127. The third-order valence-electron chi connectivity index (χ3n) is 11.1. The molecule has 0 bridgehead atoms. The van der Waals surface area contributed by atoms with Crippen LogP contribution in [-0.4, -0.2) is 32.4 Å². The maximum atomic E-state index is 11.8. The van der Waals surface area contributed by atoms with Gasteiger partial charge in [0.05, 0.1) is 12.2 Å². The fraction of sp³-hybridized carbons (Fsp3) is 1.00. The van der Waals surface area contributed by atoms with Gasteiger partial charge < -0.3 is 15.9 Å². The minimum Gasteiger partial charge on any atom is -0.393 e. The highest BCUT2D eigenvalue weighted by Gasteiger charge is 2.67. The van der Waals surface area contributed by atoms with Crippen LogP contribution < -0.4 is 5.73 Å². The van der Waals surface area contributed by atoms with E-state index < -0.39 is 0 Å². The molecule has 4 N–H and O–H groups in total. The Kier molecular flexibility index (Phi) is 6.19. The Balaban J connectivity index is 1.70. The van der Waals surface area contributed by atoms with Crippen LogP contribution in [0, 0.1) is 46.3 Å². The van der Waals surface area contributed by atoms with E-state index in [1.54, 1.807) is 0 Å². The van der Waals surface area contributed by atoms with Crippen LogP contribution in [0.25, 0.3) is 0 Å². The molecule has 6 unspecified atom stereocenters. The molecule has 4 aliphatic rings. The van der Waals surface area contributed by atoms with Gasteiger partial charge in [0, 0.05) is 5.54 Å². The summed E-state index contributed by atoms with van der Waals surface area (Å²) >= 11 is 2.50. The van der Waals surface area contributed by atoms with E-state index in [0.29, 0.717) is 35.5 Å². The summed E-state index contributed by atoms with van der Waals surface area (Å²) in [6.07, 6.45) is 9.55. The molecule has 0 radical (unpaired) electrons. The molecule has 0 aromatic rings. The van der Waals surface area contributed by atoms with Crippen LogP contribution in [0.15, 0.2) is 0 Å². The molecule has 0 aromatic carbocycles. The molecule has 4 rings (SSSR count). The zero-order valence-corrected chi connectivity index (χ0v) is 21.2. The first-order chi connectivity index (χ1) is 13.6. The Bertz CT molecular complexity index is 616. The number of hydrogen-bond acceptors (Lipinski definition) is 3. The highest BCUT2D eigenvalue weighted by molar-refractivity contribution is 14.1. The van der Waals surface area contributed by atoms with E-state index in [4.69, 9.17) is 5.73 Å². The second-order valence-electron chi connectivity index (χ2n) is 11.8. The van der Waals surface area contributed by atoms with Gasteiger partial charge in [0.25, 0.3) is 0 Å². The van der Waals surface area contributed by atoms with Crippen LogP contribution in [-0.2, 0) is 0 Å². The molecule has 0 aliphatic heterocycles. The summed E-state index contributed by atoms with van der Waals surface area (Å²) in [6, 6.07) is 0. The lowest BCUT2D eigenvalue weighted by Crippen LogP contribution is -2.65. The molecule has 4 aliphatic carbocycles. The van der Waals surface area contributed by atoms with Gasteiger partial charge in [-0.1, -0.05) is 56.7 Å². The first-order valence-corrected chi connectivity index (χ1v) is 13.9. The predicted octanol–water partition coefficient (Wildman–Crippen LogP) is 5.16. The highest BCUT2D eigenvalue weighted by Crippen LogP contribution is 2.70. The van der Waals surface area contributed by atoms with Gasteiger partial charge >= 0.3 is 0 Å². The van der Waals surface area contributed by atoms with Gasteiger partial charge in [-0.05, 0) is 102 Å². The van der Waals surface area contributed by atoms with Crippen LogP contribution in [0.5, 0.6) is 0 Å². The molecule has 0 spiro atoms. The van der Waals surface area contributed by atoms with Crippen molar-refractivity contribution < 1.29 is 10.2 Å². The molecular weight excluding hydrogens is 473 g/mol. The third-order valence-corrected chi connectivity index (χ3v) is 11.8. The van der Waals surface area contributed by atoms with Crippen molar-refractivity contribution in [2.45, 2.75) is 103 Å². The fourth-order valence-corrected chi connectivity index (χ4v) is 10.2. The van der Waals surface area contributed by atoms with Crippen LogP contribution in [0.3, 0.4) is 0 Å². The summed E-state index contributed by atoms with van der Waals surface area (Å²) in [5.41, 5.74) is 7.61. The monoisotopic (exact) mass is 517 g/mol. The smallest absolute Gasteiger partial charge is 0.0605 e. The lowest BCUT2D eigenvalue weighted by atomic mass is 9.41. The van der Waals surface area contributed by atoms with Crippen molar-refractivity contribution in [3.05, 3.63) is 0 Å². The van der Waals surface area contributed by atoms with E-state index >= 15 is 0 Å². The topological polar surface area (TPSA) is 66.5 Å². The Morgan fingerprint density at radius 1 is 1.03 bits per heavy atom. The van der Waals surface area contributed by atoms with Crippen molar-refractivity contribution in [3.63, 3.8) is 0 Å². The second-order valence-corrected chi connectivity index (χ2v) is 12.9. The Morgan fingerprint density at radius 2 is 1.72 bits per heavy atom. The third kappa shape index (κ3) is 3.12. The van der Waals surface area contributed by atoms with Gasteiger partial charge in [-0.3, -0.25) is 0 Å². The summed E-state index contributed by atoms with van der Waals surface area (Å²) in [4.78, 5) is 0. The molecule has 0 aromatic heterocycles. The molecule has 4 heteroatoms. The standard InChI is InChI=1S/C25H44INO2/c1-5-17-20-14-16(28)6-10-23(20,3)18-7-11-24(4)19(21(18)22(17)29)8-12-25(24,27)15(2)9-13-26/h15-22,28-29H,5-14,27H2,1-4H3/t15-,16-,17-,18?,19?,20?,21?,22-,23?,24+,25?/m1/s1. The van der Waals surface area contributed by atoms with Crippen LogP contribution in [0.1, 0.15) is 85.5 Å². The summed E-state index contributed by atoms with van der Waals surface area (Å²) < 4.78 is 1.17. The Hall–Kier alpha value is 0.610. The molecule has 3 nitrogen and oxygen atoms in total. The Labute approximate surface area is 192 Å². The first kappa shape index (κ1) is 22.8. The number of aliphatic hydroxyl groups is 2. The number of halogens is 1. The zero-order valence-electron chi connectivity index (χ0n) is 19.0. The van der Waals surface area contributed by atoms with Crippen molar-refractivity contribution in [1.29, 1.82) is 0 Å². The van der Waals surface area contributed by atoms with E-state index in [-0.39, 0.29) is 28.6 Å². The lowest BCUT2D eigenvalue weighted by molar-refractivity contribution is -0.204. The van der Waals surface area contributed by atoms with E-state index in [1.807, 2.05) is 0 Å². The first-order valence-electron chi connectivity index (χ1n) is 12.3. The molecule has 29 heavy (non-hydrogen) atoms. The Morgan fingerprint density at radius 3 is 2.38 bits per heavy atom. The maximum absolute atomic E-state index is 11.8.